The Morgan fingerprint density at radius 3 is 2.76 bits per heavy atom. The van der Waals surface area contributed by atoms with E-state index in [1.807, 2.05) is 49.4 Å². The van der Waals surface area contributed by atoms with Crippen LogP contribution in [-0.2, 0) is 11.2 Å². The molecule has 2 aromatic carbocycles. The topological polar surface area (TPSA) is 41.6 Å². The van der Waals surface area contributed by atoms with Crippen LogP contribution in [0.2, 0.25) is 5.02 Å². The summed E-state index contributed by atoms with van der Waals surface area (Å²) in [6, 6.07) is 13.8. The van der Waals surface area contributed by atoms with Crippen LogP contribution in [-0.4, -0.2) is 32.1 Å². The molecule has 0 radical (unpaired) electrons. The number of carbonyl (C=O) groups is 1. The van der Waals surface area contributed by atoms with Crippen LogP contribution in [0.5, 0.6) is 5.75 Å². The zero-order chi connectivity index (χ0) is 17.8. The molecule has 0 saturated carbocycles. The number of nitrogens with one attached hydrogen (secondary N) is 1. The fraction of sp³-hybridized carbons (Fsp3) is 0.350. The van der Waals surface area contributed by atoms with Crippen molar-refractivity contribution in [2.75, 3.05) is 25.1 Å². The lowest BCUT2D eigenvalue weighted by Crippen LogP contribution is -2.38. The molecule has 0 aromatic heterocycles. The molecule has 1 N–H and O–H groups in total. The van der Waals surface area contributed by atoms with Gasteiger partial charge in [-0.3, -0.25) is 4.79 Å². The third-order valence-corrected chi connectivity index (χ3v) is 4.76. The molecule has 1 heterocycles. The lowest BCUT2D eigenvalue weighted by molar-refractivity contribution is -0.121. The Hall–Kier alpha value is -2.20. The normalized spacial score (nSPS) is 16.8. The SMILES string of the molecule is COc1ccc(Cl)cc1N1CCC(NC(=O)Cc2ccc(C)cc2)C1. The van der Waals surface area contributed by atoms with Crippen LogP contribution in [0.15, 0.2) is 42.5 Å². The van der Waals surface area contributed by atoms with Gasteiger partial charge in [0.15, 0.2) is 0 Å². The van der Waals surface area contributed by atoms with Crippen molar-refractivity contribution in [1.82, 2.24) is 5.32 Å². The first-order valence-corrected chi connectivity index (χ1v) is 8.86. The Bertz CT molecular complexity index is 746. The second-order valence-electron chi connectivity index (χ2n) is 6.48. The van der Waals surface area contributed by atoms with E-state index in [2.05, 4.69) is 10.2 Å². The summed E-state index contributed by atoms with van der Waals surface area (Å²) >= 11 is 6.12. The molecule has 25 heavy (non-hydrogen) atoms. The van der Waals surface area contributed by atoms with Gasteiger partial charge in [-0.1, -0.05) is 41.4 Å². The third kappa shape index (κ3) is 4.45. The maximum atomic E-state index is 12.3. The number of benzene rings is 2. The first-order chi connectivity index (χ1) is 12.0. The second kappa shape index (κ2) is 7.79. The molecule has 0 aliphatic carbocycles. The van der Waals surface area contributed by atoms with Crippen molar-refractivity contribution in [3.8, 4) is 5.75 Å². The molecule has 4 nitrogen and oxygen atoms in total. The first-order valence-electron chi connectivity index (χ1n) is 8.48. The molecule has 3 rings (SSSR count). The fourth-order valence-electron chi connectivity index (χ4n) is 3.18. The Morgan fingerprint density at radius 1 is 1.28 bits per heavy atom. The number of nitrogens with zero attached hydrogens (tertiary/aromatic N) is 1. The summed E-state index contributed by atoms with van der Waals surface area (Å²) in [7, 11) is 1.66. The Labute approximate surface area is 153 Å². The molecular formula is C20H23ClN2O2. The molecule has 0 bridgehead atoms. The Balaban J connectivity index is 1.58. The summed E-state index contributed by atoms with van der Waals surface area (Å²) in [5.74, 6) is 0.866. The zero-order valence-electron chi connectivity index (χ0n) is 14.6. The predicted molar refractivity (Wildman–Crippen MR) is 102 cm³/mol. The van der Waals surface area contributed by atoms with Crippen LogP contribution in [0.25, 0.3) is 0 Å². The highest BCUT2D eigenvalue weighted by Crippen LogP contribution is 2.33. The van der Waals surface area contributed by atoms with Crippen molar-refractivity contribution >= 4 is 23.2 Å². The average molecular weight is 359 g/mol. The number of amides is 1. The quantitative estimate of drug-likeness (QED) is 0.888. The summed E-state index contributed by atoms with van der Waals surface area (Å²) in [6.45, 7) is 3.67. The highest BCUT2D eigenvalue weighted by molar-refractivity contribution is 6.30. The number of methoxy groups -OCH3 is 1. The highest BCUT2D eigenvalue weighted by atomic mass is 35.5. The molecule has 1 aliphatic rings. The maximum absolute atomic E-state index is 12.3. The van der Waals surface area contributed by atoms with Gasteiger partial charge in [0, 0.05) is 24.2 Å². The molecule has 5 heteroatoms. The van der Waals surface area contributed by atoms with E-state index in [9.17, 15) is 4.79 Å². The highest BCUT2D eigenvalue weighted by Gasteiger charge is 2.26. The molecule has 1 amide bonds. The molecule has 1 saturated heterocycles. The smallest absolute Gasteiger partial charge is 0.224 e. The van der Waals surface area contributed by atoms with Gasteiger partial charge in [0.2, 0.25) is 5.91 Å². The van der Waals surface area contributed by atoms with E-state index < -0.39 is 0 Å². The minimum Gasteiger partial charge on any atom is -0.495 e. The van der Waals surface area contributed by atoms with Crippen molar-refractivity contribution in [3.63, 3.8) is 0 Å². The Morgan fingerprint density at radius 2 is 2.04 bits per heavy atom. The van der Waals surface area contributed by atoms with Crippen LogP contribution >= 0.6 is 11.6 Å². The van der Waals surface area contributed by atoms with Gasteiger partial charge in [0.25, 0.3) is 0 Å². The maximum Gasteiger partial charge on any atom is 0.224 e. The van der Waals surface area contributed by atoms with E-state index >= 15 is 0 Å². The van der Waals surface area contributed by atoms with Gasteiger partial charge in [0.1, 0.15) is 5.75 Å². The summed E-state index contributed by atoms with van der Waals surface area (Å²) in [5, 5.41) is 3.82. The monoisotopic (exact) mass is 358 g/mol. The number of rotatable bonds is 5. The largest absolute Gasteiger partial charge is 0.495 e. The molecule has 1 aliphatic heterocycles. The first kappa shape index (κ1) is 17.6. The zero-order valence-corrected chi connectivity index (χ0v) is 15.3. The van der Waals surface area contributed by atoms with Gasteiger partial charge in [-0.05, 0) is 37.1 Å². The number of carbonyl (C=O) groups excluding carboxylic acids is 1. The van der Waals surface area contributed by atoms with Gasteiger partial charge in [-0.15, -0.1) is 0 Å². The number of aryl methyl sites for hydroxylation is 1. The molecule has 1 unspecified atom stereocenters. The molecule has 0 spiro atoms. The van der Waals surface area contributed by atoms with E-state index in [1.54, 1.807) is 7.11 Å². The number of halogens is 1. The van der Waals surface area contributed by atoms with Crippen molar-refractivity contribution < 1.29 is 9.53 Å². The van der Waals surface area contributed by atoms with Gasteiger partial charge in [-0.2, -0.15) is 0 Å². The van der Waals surface area contributed by atoms with Gasteiger partial charge < -0.3 is 15.0 Å². The number of hydrogen-bond donors (Lipinski definition) is 1. The van der Waals surface area contributed by atoms with Gasteiger partial charge >= 0.3 is 0 Å². The van der Waals surface area contributed by atoms with E-state index in [0.29, 0.717) is 11.4 Å². The van der Waals surface area contributed by atoms with Crippen molar-refractivity contribution in [3.05, 3.63) is 58.6 Å². The standard InChI is InChI=1S/C20H23ClN2O2/c1-14-3-5-15(6-4-14)11-20(24)22-17-9-10-23(13-17)18-12-16(21)7-8-19(18)25-2/h3-8,12,17H,9-11,13H2,1-2H3,(H,22,24). The summed E-state index contributed by atoms with van der Waals surface area (Å²) in [6.07, 6.45) is 1.33. The lowest BCUT2D eigenvalue weighted by Gasteiger charge is -2.21. The summed E-state index contributed by atoms with van der Waals surface area (Å²) in [4.78, 5) is 14.5. The van der Waals surface area contributed by atoms with Gasteiger partial charge in [-0.25, -0.2) is 0 Å². The van der Waals surface area contributed by atoms with E-state index in [1.165, 1.54) is 5.56 Å². The lowest BCUT2D eigenvalue weighted by atomic mass is 10.1. The summed E-state index contributed by atoms with van der Waals surface area (Å²) in [5.41, 5.74) is 3.21. The predicted octanol–water partition coefficient (Wildman–Crippen LogP) is 3.59. The second-order valence-corrected chi connectivity index (χ2v) is 6.91. The molecule has 1 fully saturated rings. The van der Waals surface area contributed by atoms with Crippen molar-refractivity contribution in [1.29, 1.82) is 0 Å². The van der Waals surface area contributed by atoms with E-state index in [4.69, 9.17) is 16.3 Å². The number of hydrogen-bond acceptors (Lipinski definition) is 3. The molecular weight excluding hydrogens is 336 g/mol. The summed E-state index contributed by atoms with van der Waals surface area (Å²) < 4.78 is 5.43. The van der Waals surface area contributed by atoms with Crippen molar-refractivity contribution in [2.24, 2.45) is 0 Å². The minimum absolute atomic E-state index is 0.0637. The molecule has 2 aromatic rings. The van der Waals surface area contributed by atoms with E-state index in [-0.39, 0.29) is 11.9 Å². The third-order valence-electron chi connectivity index (χ3n) is 4.52. The minimum atomic E-state index is 0.0637. The van der Waals surface area contributed by atoms with Gasteiger partial charge in [0.05, 0.1) is 19.2 Å². The number of ether oxygens (including phenoxy) is 1. The molecule has 132 valence electrons. The molecule has 1 atom stereocenters. The Kier molecular flexibility index (Phi) is 5.49. The fourth-order valence-corrected chi connectivity index (χ4v) is 3.34. The van der Waals surface area contributed by atoms with Crippen LogP contribution < -0.4 is 15.0 Å². The van der Waals surface area contributed by atoms with E-state index in [0.717, 1.165) is 36.5 Å². The average Bonchev–Trinajstić information content (AvgIpc) is 3.05. The van der Waals surface area contributed by atoms with Crippen LogP contribution in [0.3, 0.4) is 0 Å². The van der Waals surface area contributed by atoms with Crippen LogP contribution in [0.1, 0.15) is 17.5 Å². The number of anilines is 1. The van der Waals surface area contributed by atoms with Crippen LogP contribution in [0.4, 0.5) is 5.69 Å². The van der Waals surface area contributed by atoms with Crippen LogP contribution in [0, 0.1) is 6.92 Å². The van der Waals surface area contributed by atoms with Crippen molar-refractivity contribution in [2.45, 2.75) is 25.8 Å².